The Bertz CT molecular complexity index is 1620. The number of carbonyl (C=O) groups is 2. The summed E-state index contributed by atoms with van der Waals surface area (Å²) in [5.41, 5.74) is 2.26. The van der Waals surface area contributed by atoms with Gasteiger partial charge in [-0.15, -0.1) is 10.2 Å². The lowest BCUT2D eigenvalue weighted by Crippen LogP contribution is -2.30. The second-order valence-electron chi connectivity index (χ2n) is 9.49. The Kier molecular flexibility index (Phi) is 9.45. The number of amides is 1. The van der Waals surface area contributed by atoms with E-state index in [4.69, 9.17) is 4.74 Å². The molecule has 0 saturated heterocycles. The third kappa shape index (κ3) is 6.78. The lowest BCUT2D eigenvalue weighted by Gasteiger charge is -2.24. The second-order valence-corrected chi connectivity index (χ2v) is 11.7. The van der Waals surface area contributed by atoms with E-state index in [9.17, 15) is 19.1 Å². The van der Waals surface area contributed by atoms with Crippen LogP contribution in [0, 0.1) is 5.82 Å². The Morgan fingerprint density at radius 1 is 1.10 bits per heavy atom. The minimum Gasteiger partial charge on any atom is -0.503 e. The van der Waals surface area contributed by atoms with Crippen LogP contribution in [0.5, 0.6) is 5.75 Å². The predicted molar refractivity (Wildman–Crippen MR) is 163 cm³/mol. The molecule has 1 aliphatic rings. The van der Waals surface area contributed by atoms with E-state index in [-0.39, 0.29) is 16.5 Å². The van der Waals surface area contributed by atoms with Crippen LogP contribution in [0.1, 0.15) is 42.5 Å². The zero-order valence-corrected chi connectivity index (χ0v) is 24.4. The standard InChI is InChI=1S/C32H28FN3O4S2/c1-2-3-18-40-25-11-7-10-23(19-25)28-27(26(37)17-14-21-8-5-4-6-9-21)29(38)30(39)36(28)31-34-35-32(42-31)41-20-22-12-15-24(33)16-13-22/h4-17,19,28,38H,2-3,18,20H2,1H3/b17-14+. The Morgan fingerprint density at radius 3 is 2.64 bits per heavy atom. The highest BCUT2D eigenvalue weighted by Crippen LogP contribution is 2.44. The zero-order chi connectivity index (χ0) is 29.5. The van der Waals surface area contributed by atoms with Gasteiger partial charge in [-0.25, -0.2) is 4.39 Å². The van der Waals surface area contributed by atoms with E-state index in [1.165, 1.54) is 46.2 Å². The molecule has 4 aromatic rings. The number of ether oxygens (including phenoxy) is 1. The summed E-state index contributed by atoms with van der Waals surface area (Å²) in [5.74, 6) is -1.04. The third-order valence-corrected chi connectivity index (χ3v) is 8.65. The van der Waals surface area contributed by atoms with E-state index in [1.807, 2.05) is 36.4 Å². The molecule has 0 saturated carbocycles. The number of aliphatic hydroxyl groups excluding tert-OH is 1. The molecule has 3 aromatic carbocycles. The largest absolute Gasteiger partial charge is 0.503 e. The molecule has 1 atom stereocenters. The molecule has 1 aliphatic heterocycles. The average Bonchev–Trinajstić information content (AvgIpc) is 3.58. The number of hydrogen-bond acceptors (Lipinski definition) is 8. The van der Waals surface area contributed by atoms with Crippen LogP contribution in [0.3, 0.4) is 0 Å². The molecule has 0 aliphatic carbocycles. The maximum Gasteiger partial charge on any atom is 0.296 e. The van der Waals surface area contributed by atoms with Gasteiger partial charge < -0.3 is 9.84 Å². The highest BCUT2D eigenvalue weighted by Gasteiger charge is 2.45. The third-order valence-electron chi connectivity index (χ3n) is 6.52. The van der Waals surface area contributed by atoms with Gasteiger partial charge in [0.25, 0.3) is 5.91 Å². The van der Waals surface area contributed by atoms with Crippen LogP contribution in [0.2, 0.25) is 0 Å². The van der Waals surface area contributed by atoms with Gasteiger partial charge in [0.05, 0.1) is 18.2 Å². The summed E-state index contributed by atoms with van der Waals surface area (Å²) in [6, 6.07) is 21.7. The monoisotopic (exact) mass is 601 g/mol. The van der Waals surface area contributed by atoms with Crippen molar-refractivity contribution in [2.45, 2.75) is 35.9 Å². The lowest BCUT2D eigenvalue weighted by atomic mass is 9.95. The molecule has 0 fully saturated rings. The molecular formula is C32H28FN3O4S2. The number of unbranched alkanes of at least 4 members (excludes halogenated alkanes) is 1. The molecular weight excluding hydrogens is 574 g/mol. The topological polar surface area (TPSA) is 92.6 Å². The van der Waals surface area contributed by atoms with Crippen LogP contribution >= 0.6 is 23.1 Å². The summed E-state index contributed by atoms with van der Waals surface area (Å²) < 4.78 is 19.8. The fourth-order valence-corrected chi connectivity index (χ4v) is 6.21. The van der Waals surface area contributed by atoms with Gasteiger partial charge in [-0.1, -0.05) is 97.1 Å². The Labute approximate surface area is 251 Å². The Morgan fingerprint density at radius 2 is 1.88 bits per heavy atom. The SMILES string of the molecule is CCCCOc1cccc(C2C(C(=O)/C=C/c3ccccc3)=C(O)C(=O)N2c2nnc(SCc3ccc(F)cc3)s2)c1. The molecule has 7 nitrogen and oxygen atoms in total. The molecule has 1 aromatic heterocycles. The minimum absolute atomic E-state index is 0.0476. The number of rotatable bonds is 12. The van der Waals surface area contributed by atoms with E-state index in [0.29, 0.717) is 28.0 Å². The molecule has 214 valence electrons. The molecule has 5 rings (SSSR count). The number of aromatic nitrogens is 2. The highest BCUT2D eigenvalue weighted by molar-refractivity contribution is 8.00. The highest BCUT2D eigenvalue weighted by atomic mass is 32.2. The maximum absolute atomic E-state index is 13.5. The summed E-state index contributed by atoms with van der Waals surface area (Å²) in [6.45, 7) is 2.61. The Hall–Kier alpha value is -4.28. The van der Waals surface area contributed by atoms with Crippen molar-refractivity contribution in [3.63, 3.8) is 0 Å². The molecule has 2 heterocycles. The van der Waals surface area contributed by atoms with Crippen molar-refractivity contribution in [3.05, 3.63) is 119 Å². The molecule has 42 heavy (non-hydrogen) atoms. The predicted octanol–water partition coefficient (Wildman–Crippen LogP) is 7.33. The van der Waals surface area contributed by atoms with Gasteiger partial charge in [0.2, 0.25) is 5.13 Å². The van der Waals surface area contributed by atoms with E-state index in [1.54, 1.807) is 36.4 Å². The Balaban J connectivity index is 1.46. The summed E-state index contributed by atoms with van der Waals surface area (Å²) in [7, 11) is 0. The van der Waals surface area contributed by atoms with Gasteiger partial charge >= 0.3 is 0 Å². The molecule has 0 radical (unpaired) electrons. The number of allylic oxidation sites excluding steroid dienone is 1. The number of aliphatic hydroxyl groups is 1. The van der Waals surface area contributed by atoms with Gasteiger partial charge in [-0.05, 0) is 53.5 Å². The molecule has 0 spiro atoms. The van der Waals surface area contributed by atoms with Gasteiger partial charge in [0, 0.05) is 5.75 Å². The number of anilines is 1. The molecule has 10 heteroatoms. The number of benzene rings is 3. The lowest BCUT2D eigenvalue weighted by molar-refractivity contribution is -0.117. The molecule has 1 N–H and O–H groups in total. The fraction of sp³-hybridized carbons (Fsp3) is 0.188. The number of ketones is 1. The minimum atomic E-state index is -0.942. The van der Waals surface area contributed by atoms with Gasteiger partial charge in [-0.2, -0.15) is 0 Å². The first-order chi connectivity index (χ1) is 20.4. The number of carbonyl (C=O) groups excluding carboxylic acids is 2. The normalized spacial score (nSPS) is 15.1. The number of hydrogen-bond donors (Lipinski definition) is 1. The summed E-state index contributed by atoms with van der Waals surface area (Å²) >= 11 is 2.57. The average molecular weight is 602 g/mol. The quantitative estimate of drug-likeness (QED) is 0.0787. The van der Waals surface area contributed by atoms with Crippen molar-refractivity contribution >= 4 is 46.0 Å². The van der Waals surface area contributed by atoms with E-state index in [2.05, 4.69) is 17.1 Å². The maximum atomic E-state index is 13.5. The summed E-state index contributed by atoms with van der Waals surface area (Å²) in [4.78, 5) is 28.4. The van der Waals surface area contributed by atoms with E-state index >= 15 is 0 Å². The van der Waals surface area contributed by atoms with Crippen molar-refractivity contribution in [2.75, 3.05) is 11.5 Å². The first-order valence-corrected chi connectivity index (χ1v) is 15.2. The van der Waals surface area contributed by atoms with Crippen LogP contribution in [0.15, 0.2) is 101 Å². The van der Waals surface area contributed by atoms with Gasteiger partial charge in [0.1, 0.15) is 11.6 Å². The molecule has 0 bridgehead atoms. The van der Waals surface area contributed by atoms with Crippen molar-refractivity contribution in [3.8, 4) is 5.75 Å². The van der Waals surface area contributed by atoms with Crippen LogP contribution in [-0.4, -0.2) is 33.6 Å². The zero-order valence-electron chi connectivity index (χ0n) is 22.8. The molecule has 1 unspecified atom stereocenters. The van der Waals surface area contributed by atoms with Crippen LogP contribution < -0.4 is 9.64 Å². The summed E-state index contributed by atoms with van der Waals surface area (Å²) in [5, 5.41) is 19.8. The number of nitrogens with zero attached hydrogens (tertiary/aromatic N) is 3. The van der Waals surface area contributed by atoms with Crippen molar-refractivity contribution in [1.82, 2.24) is 10.2 Å². The first-order valence-electron chi connectivity index (χ1n) is 13.4. The smallest absolute Gasteiger partial charge is 0.296 e. The van der Waals surface area contributed by atoms with E-state index in [0.717, 1.165) is 24.0 Å². The van der Waals surface area contributed by atoms with Crippen LogP contribution in [0.4, 0.5) is 9.52 Å². The van der Waals surface area contributed by atoms with Crippen molar-refractivity contribution in [1.29, 1.82) is 0 Å². The first kappa shape index (κ1) is 29.2. The van der Waals surface area contributed by atoms with Crippen molar-refractivity contribution in [2.24, 2.45) is 0 Å². The number of halogens is 1. The number of thioether (sulfide) groups is 1. The fourth-order valence-electron chi connectivity index (χ4n) is 4.39. The van der Waals surface area contributed by atoms with Gasteiger partial charge in [0.15, 0.2) is 15.9 Å². The van der Waals surface area contributed by atoms with Crippen LogP contribution in [0.25, 0.3) is 6.08 Å². The summed E-state index contributed by atoms with van der Waals surface area (Å²) in [6.07, 6.45) is 4.87. The van der Waals surface area contributed by atoms with E-state index < -0.39 is 23.5 Å². The van der Waals surface area contributed by atoms with Gasteiger partial charge in [-0.3, -0.25) is 14.5 Å². The van der Waals surface area contributed by atoms with Crippen molar-refractivity contribution < 1.29 is 23.8 Å². The second kappa shape index (κ2) is 13.6. The van der Waals surface area contributed by atoms with Crippen LogP contribution in [-0.2, 0) is 15.3 Å². The molecule has 1 amide bonds.